The van der Waals surface area contributed by atoms with Crippen molar-refractivity contribution in [2.24, 2.45) is 0 Å². The van der Waals surface area contributed by atoms with Gasteiger partial charge < -0.3 is 9.72 Å². The Morgan fingerprint density at radius 2 is 2.26 bits per heavy atom. The molecule has 1 aliphatic rings. The lowest BCUT2D eigenvalue weighted by Gasteiger charge is -2.24. The second-order valence-electron chi connectivity index (χ2n) is 6.01. The van der Waals surface area contributed by atoms with E-state index < -0.39 is 0 Å². The summed E-state index contributed by atoms with van der Waals surface area (Å²) in [6.07, 6.45) is 5.79. The summed E-state index contributed by atoms with van der Waals surface area (Å²) in [6.45, 7) is 2.68. The van der Waals surface area contributed by atoms with Crippen molar-refractivity contribution in [3.05, 3.63) is 53.9 Å². The molecule has 0 spiro atoms. The summed E-state index contributed by atoms with van der Waals surface area (Å²) in [4.78, 5) is 5.88. The fraction of sp³-hybridized carbons (Fsp3) is 0.421. The standard InChI is InChI=1S/C19H23N3O/c20-10-1-2-13-23-17-7-3-6-16(14-17)15-22-12-5-9-19(22)18-8-4-11-21-18/h3-4,6-8,11,14,19,21H,1-2,5,9,12-13,15H2. The minimum atomic E-state index is 0.491. The summed E-state index contributed by atoms with van der Waals surface area (Å²) in [5, 5.41) is 8.56. The number of rotatable bonds is 7. The van der Waals surface area contributed by atoms with Crippen LogP contribution in [0.2, 0.25) is 0 Å². The van der Waals surface area contributed by atoms with E-state index in [1.165, 1.54) is 24.1 Å². The molecule has 1 fully saturated rings. The molecule has 1 aliphatic heterocycles. The average Bonchev–Trinajstić information content (AvgIpc) is 3.23. The van der Waals surface area contributed by atoms with Crippen molar-refractivity contribution < 1.29 is 4.74 Å². The largest absolute Gasteiger partial charge is 0.494 e. The van der Waals surface area contributed by atoms with Crippen LogP contribution in [0.1, 0.15) is 43.0 Å². The number of aromatic nitrogens is 1. The highest BCUT2D eigenvalue weighted by Gasteiger charge is 2.26. The third-order valence-electron chi connectivity index (χ3n) is 4.33. The molecule has 23 heavy (non-hydrogen) atoms. The van der Waals surface area contributed by atoms with E-state index in [9.17, 15) is 0 Å². The number of ether oxygens (including phenoxy) is 1. The molecule has 0 radical (unpaired) electrons. The van der Waals surface area contributed by atoms with Crippen molar-refractivity contribution in [2.45, 2.75) is 38.3 Å². The molecular weight excluding hydrogens is 286 g/mol. The quantitative estimate of drug-likeness (QED) is 0.785. The SMILES string of the molecule is N#CCCCOc1cccc(CN2CCCC2c2ccc[nH]2)c1. The molecule has 0 aliphatic carbocycles. The molecule has 2 heterocycles. The third kappa shape index (κ3) is 4.14. The molecule has 0 saturated carbocycles. The van der Waals surface area contributed by atoms with Crippen molar-refractivity contribution in [1.82, 2.24) is 9.88 Å². The van der Waals surface area contributed by atoms with Gasteiger partial charge in [-0.3, -0.25) is 4.90 Å². The van der Waals surface area contributed by atoms with Gasteiger partial charge in [-0.1, -0.05) is 12.1 Å². The Balaban J connectivity index is 1.60. The molecule has 3 rings (SSSR count). The molecule has 1 saturated heterocycles. The second-order valence-corrected chi connectivity index (χ2v) is 6.01. The van der Waals surface area contributed by atoms with E-state index in [1.54, 1.807) is 0 Å². The number of hydrogen-bond acceptors (Lipinski definition) is 3. The molecule has 2 aromatic rings. The van der Waals surface area contributed by atoms with E-state index in [2.05, 4.69) is 46.3 Å². The number of aromatic amines is 1. The topological polar surface area (TPSA) is 52.0 Å². The zero-order valence-corrected chi connectivity index (χ0v) is 13.4. The fourth-order valence-electron chi connectivity index (χ4n) is 3.23. The predicted octanol–water partition coefficient (Wildman–Crippen LogP) is 4.03. The van der Waals surface area contributed by atoms with E-state index in [0.717, 1.165) is 25.3 Å². The van der Waals surface area contributed by atoms with Gasteiger partial charge in [-0.25, -0.2) is 0 Å². The summed E-state index contributed by atoms with van der Waals surface area (Å²) < 4.78 is 5.74. The smallest absolute Gasteiger partial charge is 0.119 e. The minimum Gasteiger partial charge on any atom is -0.494 e. The number of likely N-dealkylation sites (tertiary alicyclic amines) is 1. The Kier molecular flexibility index (Phi) is 5.33. The average molecular weight is 309 g/mol. The van der Waals surface area contributed by atoms with Crippen LogP contribution in [0.3, 0.4) is 0 Å². The Hall–Kier alpha value is -2.25. The highest BCUT2D eigenvalue weighted by Crippen LogP contribution is 2.32. The van der Waals surface area contributed by atoms with Crippen molar-refractivity contribution in [1.29, 1.82) is 5.26 Å². The van der Waals surface area contributed by atoms with E-state index in [0.29, 0.717) is 19.1 Å². The summed E-state index contributed by atoms with van der Waals surface area (Å²) in [7, 11) is 0. The van der Waals surface area contributed by atoms with Gasteiger partial charge in [0.1, 0.15) is 5.75 Å². The number of nitrogens with zero attached hydrogens (tertiary/aromatic N) is 2. The van der Waals surface area contributed by atoms with E-state index in [4.69, 9.17) is 10.00 Å². The minimum absolute atomic E-state index is 0.491. The Morgan fingerprint density at radius 1 is 1.30 bits per heavy atom. The molecular formula is C19H23N3O. The number of H-pyrrole nitrogens is 1. The normalized spacial score (nSPS) is 18.0. The first-order valence-electron chi connectivity index (χ1n) is 8.33. The molecule has 0 bridgehead atoms. The van der Waals surface area contributed by atoms with Crippen LogP contribution in [0, 0.1) is 11.3 Å². The molecule has 4 nitrogen and oxygen atoms in total. The lowest BCUT2D eigenvalue weighted by atomic mass is 10.1. The van der Waals surface area contributed by atoms with Gasteiger partial charge in [0.15, 0.2) is 0 Å². The lowest BCUT2D eigenvalue weighted by Crippen LogP contribution is -2.23. The maximum atomic E-state index is 8.56. The van der Waals surface area contributed by atoms with Gasteiger partial charge in [-0.2, -0.15) is 5.26 Å². The zero-order valence-electron chi connectivity index (χ0n) is 13.4. The van der Waals surface area contributed by atoms with Gasteiger partial charge in [-0.15, -0.1) is 0 Å². The van der Waals surface area contributed by atoms with Gasteiger partial charge in [0.05, 0.1) is 18.7 Å². The third-order valence-corrected chi connectivity index (χ3v) is 4.33. The second kappa shape index (κ2) is 7.85. The fourth-order valence-corrected chi connectivity index (χ4v) is 3.23. The highest BCUT2D eigenvalue weighted by molar-refractivity contribution is 5.28. The number of nitrogens with one attached hydrogen (secondary N) is 1. The van der Waals surface area contributed by atoms with Crippen LogP contribution in [-0.2, 0) is 6.54 Å². The first-order chi connectivity index (χ1) is 11.4. The summed E-state index contributed by atoms with van der Waals surface area (Å²) in [5.74, 6) is 0.899. The lowest BCUT2D eigenvalue weighted by molar-refractivity contribution is 0.244. The Labute approximate surface area is 137 Å². The molecule has 1 aromatic carbocycles. The number of benzene rings is 1. The molecule has 1 unspecified atom stereocenters. The number of hydrogen-bond donors (Lipinski definition) is 1. The molecule has 1 aromatic heterocycles. The summed E-state index contributed by atoms with van der Waals surface area (Å²) in [5.41, 5.74) is 2.59. The van der Waals surface area contributed by atoms with Crippen LogP contribution in [0.25, 0.3) is 0 Å². The van der Waals surface area contributed by atoms with Crippen LogP contribution >= 0.6 is 0 Å². The molecule has 0 amide bonds. The number of nitriles is 1. The van der Waals surface area contributed by atoms with E-state index in [1.807, 2.05) is 12.3 Å². The highest BCUT2D eigenvalue weighted by atomic mass is 16.5. The van der Waals surface area contributed by atoms with Crippen molar-refractivity contribution in [2.75, 3.05) is 13.2 Å². The monoisotopic (exact) mass is 309 g/mol. The molecule has 4 heteroatoms. The van der Waals surface area contributed by atoms with Crippen LogP contribution in [0.15, 0.2) is 42.6 Å². The van der Waals surface area contributed by atoms with Gasteiger partial charge in [0.25, 0.3) is 0 Å². The van der Waals surface area contributed by atoms with Gasteiger partial charge in [-0.05, 0) is 55.6 Å². The van der Waals surface area contributed by atoms with E-state index in [-0.39, 0.29) is 0 Å². The van der Waals surface area contributed by atoms with Gasteiger partial charge >= 0.3 is 0 Å². The molecule has 1 N–H and O–H groups in total. The van der Waals surface area contributed by atoms with Crippen molar-refractivity contribution in [3.63, 3.8) is 0 Å². The van der Waals surface area contributed by atoms with Gasteiger partial charge in [0.2, 0.25) is 0 Å². The maximum absolute atomic E-state index is 8.56. The Bertz CT molecular complexity index is 645. The molecule has 1 atom stereocenters. The first-order valence-corrected chi connectivity index (χ1v) is 8.33. The van der Waals surface area contributed by atoms with Crippen molar-refractivity contribution >= 4 is 0 Å². The van der Waals surface area contributed by atoms with Crippen molar-refractivity contribution in [3.8, 4) is 11.8 Å². The zero-order chi connectivity index (χ0) is 15.9. The first kappa shape index (κ1) is 15.6. The van der Waals surface area contributed by atoms with Crippen LogP contribution in [0.4, 0.5) is 0 Å². The number of unbranched alkanes of at least 4 members (excludes halogenated alkanes) is 1. The summed E-state index contributed by atoms with van der Waals surface area (Å²) >= 11 is 0. The van der Waals surface area contributed by atoms with Crippen LogP contribution in [-0.4, -0.2) is 23.0 Å². The Morgan fingerprint density at radius 3 is 3.09 bits per heavy atom. The summed E-state index contributed by atoms with van der Waals surface area (Å²) in [6, 6.07) is 15.2. The van der Waals surface area contributed by atoms with Crippen LogP contribution < -0.4 is 4.74 Å². The van der Waals surface area contributed by atoms with E-state index >= 15 is 0 Å². The van der Waals surface area contributed by atoms with Gasteiger partial charge in [0, 0.05) is 24.9 Å². The maximum Gasteiger partial charge on any atom is 0.119 e. The van der Waals surface area contributed by atoms with Crippen LogP contribution in [0.5, 0.6) is 5.75 Å². The predicted molar refractivity (Wildman–Crippen MR) is 90.0 cm³/mol. The molecule has 120 valence electrons.